The van der Waals surface area contributed by atoms with Gasteiger partial charge in [0.25, 0.3) is 0 Å². The van der Waals surface area contributed by atoms with Crippen molar-refractivity contribution in [3.8, 4) is 0 Å². The van der Waals surface area contributed by atoms with E-state index in [2.05, 4.69) is 28.5 Å². The number of aromatic nitrogens is 1. The first-order chi connectivity index (χ1) is 9.28. The molecular weight excluding hydrogens is 240 g/mol. The van der Waals surface area contributed by atoms with Crippen LogP contribution in [0.3, 0.4) is 0 Å². The summed E-state index contributed by atoms with van der Waals surface area (Å²) in [6.07, 6.45) is 2.49. The van der Waals surface area contributed by atoms with Gasteiger partial charge in [0.1, 0.15) is 5.52 Å². The van der Waals surface area contributed by atoms with E-state index in [1.165, 1.54) is 18.4 Å². The molecule has 1 atom stereocenters. The lowest BCUT2D eigenvalue weighted by Crippen LogP contribution is -2.58. The first kappa shape index (κ1) is 11.4. The second kappa shape index (κ2) is 4.05. The Morgan fingerprint density at radius 1 is 1.37 bits per heavy atom. The fourth-order valence-electron chi connectivity index (χ4n) is 3.40. The van der Waals surface area contributed by atoms with Crippen LogP contribution in [-0.4, -0.2) is 30.8 Å². The van der Waals surface area contributed by atoms with Crippen molar-refractivity contribution < 1.29 is 9.15 Å². The van der Waals surface area contributed by atoms with Gasteiger partial charge in [0, 0.05) is 13.0 Å². The van der Waals surface area contributed by atoms with Gasteiger partial charge in [-0.25, -0.2) is 4.98 Å². The minimum Gasteiger partial charge on any atom is -0.441 e. The largest absolute Gasteiger partial charge is 0.441 e. The summed E-state index contributed by atoms with van der Waals surface area (Å²) in [4.78, 5) is 4.36. The average molecular weight is 258 g/mol. The van der Waals surface area contributed by atoms with Gasteiger partial charge in [0.05, 0.1) is 18.6 Å². The van der Waals surface area contributed by atoms with Gasteiger partial charge in [-0.05, 0) is 37.1 Å². The van der Waals surface area contributed by atoms with Crippen molar-refractivity contribution in [1.82, 2.24) is 10.3 Å². The SMILES string of the molecule is Cc1nc2ccc(C3(C4CCCN4)COC3)cc2o1. The molecule has 19 heavy (non-hydrogen) atoms. The minimum atomic E-state index is 0.130. The van der Waals surface area contributed by atoms with Gasteiger partial charge in [-0.1, -0.05) is 6.07 Å². The molecule has 2 aliphatic heterocycles. The first-order valence-corrected chi connectivity index (χ1v) is 6.97. The zero-order valence-corrected chi connectivity index (χ0v) is 11.1. The van der Waals surface area contributed by atoms with Crippen molar-refractivity contribution in [1.29, 1.82) is 0 Å². The molecule has 0 saturated carbocycles. The molecule has 2 aromatic rings. The maximum Gasteiger partial charge on any atom is 0.192 e. The average Bonchev–Trinajstić information content (AvgIpc) is 2.95. The van der Waals surface area contributed by atoms with Crippen molar-refractivity contribution in [2.45, 2.75) is 31.2 Å². The second-order valence-corrected chi connectivity index (χ2v) is 5.71. The number of oxazole rings is 1. The van der Waals surface area contributed by atoms with E-state index in [4.69, 9.17) is 9.15 Å². The highest BCUT2D eigenvalue weighted by molar-refractivity contribution is 5.74. The third-order valence-corrected chi connectivity index (χ3v) is 4.52. The summed E-state index contributed by atoms with van der Waals surface area (Å²) in [6.45, 7) is 4.63. The van der Waals surface area contributed by atoms with E-state index in [9.17, 15) is 0 Å². The smallest absolute Gasteiger partial charge is 0.192 e. The topological polar surface area (TPSA) is 47.3 Å². The molecule has 2 fully saturated rings. The summed E-state index contributed by atoms with van der Waals surface area (Å²) in [5.41, 5.74) is 3.28. The maximum absolute atomic E-state index is 5.66. The Morgan fingerprint density at radius 2 is 2.26 bits per heavy atom. The molecule has 0 bridgehead atoms. The predicted octanol–water partition coefficient (Wildman–Crippen LogP) is 2.16. The number of ether oxygens (including phenoxy) is 1. The quantitative estimate of drug-likeness (QED) is 0.896. The third-order valence-electron chi connectivity index (χ3n) is 4.52. The standard InChI is InChI=1S/C15H18N2O2/c1-10-17-12-5-4-11(7-13(12)19-10)15(8-18-9-15)14-3-2-6-16-14/h4-5,7,14,16H,2-3,6,8-9H2,1H3. The van der Waals surface area contributed by atoms with Gasteiger partial charge in [-0.2, -0.15) is 0 Å². The van der Waals surface area contributed by atoms with Crippen molar-refractivity contribution in [2.24, 2.45) is 0 Å². The van der Waals surface area contributed by atoms with E-state index in [0.29, 0.717) is 6.04 Å². The number of nitrogens with one attached hydrogen (secondary N) is 1. The molecule has 4 rings (SSSR count). The molecule has 3 heterocycles. The number of fused-ring (bicyclic) bond motifs is 1. The van der Waals surface area contributed by atoms with Crippen molar-refractivity contribution in [3.05, 3.63) is 29.7 Å². The van der Waals surface area contributed by atoms with Gasteiger partial charge < -0.3 is 14.5 Å². The second-order valence-electron chi connectivity index (χ2n) is 5.71. The molecule has 0 spiro atoms. The fourth-order valence-corrected chi connectivity index (χ4v) is 3.40. The van der Waals surface area contributed by atoms with Crippen LogP contribution in [0.2, 0.25) is 0 Å². The van der Waals surface area contributed by atoms with Crippen LogP contribution in [0.1, 0.15) is 24.3 Å². The van der Waals surface area contributed by atoms with Crippen molar-refractivity contribution >= 4 is 11.1 Å². The fraction of sp³-hybridized carbons (Fsp3) is 0.533. The Hall–Kier alpha value is -1.39. The Kier molecular flexibility index (Phi) is 2.44. The maximum atomic E-state index is 5.66. The van der Waals surface area contributed by atoms with Crippen molar-refractivity contribution in [3.63, 3.8) is 0 Å². The van der Waals surface area contributed by atoms with E-state index < -0.39 is 0 Å². The summed E-state index contributed by atoms with van der Waals surface area (Å²) in [6, 6.07) is 6.93. The molecule has 2 saturated heterocycles. The zero-order valence-electron chi connectivity index (χ0n) is 11.1. The number of hydrogen-bond acceptors (Lipinski definition) is 4. The highest BCUT2D eigenvalue weighted by Crippen LogP contribution is 2.40. The molecule has 0 radical (unpaired) electrons. The number of hydrogen-bond donors (Lipinski definition) is 1. The van der Waals surface area contributed by atoms with Gasteiger partial charge in [-0.3, -0.25) is 0 Å². The van der Waals surface area contributed by atoms with E-state index in [1.807, 2.05) is 6.92 Å². The van der Waals surface area contributed by atoms with Crippen LogP contribution in [0, 0.1) is 6.92 Å². The van der Waals surface area contributed by atoms with Crippen LogP contribution >= 0.6 is 0 Å². The number of rotatable bonds is 2. The first-order valence-electron chi connectivity index (χ1n) is 6.97. The van der Waals surface area contributed by atoms with Crippen LogP contribution in [0.4, 0.5) is 0 Å². The van der Waals surface area contributed by atoms with Crippen LogP contribution in [0.15, 0.2) is 22.6 Å². The van der Waals surface area contributed by atoms with Crippen LogP contribution in [0.5, 0.6) is 0 Å². The van der Waals surface area contributed by atoms with E-state index >= 15 is 0 Å². The summed E-state index contributed by atoms with van der Waals surface area (Å²) in [7, 11) is 0. The molecule has 1 unspecified atom stereocenters. The molecular formula is C15H18N2O2. The number of aryl methyl sites for hydroxylation is 1. The monoisotopic (exact) mass is 258 g/mol. The lowest BCUT2D eigenvalue weighted by molar-refractivity contribution is -0.0760. The lowest BCUT2D eigenvalue weighted by atomic mass is 9.72. The molecule has 4 nitrogen and oxygen atoms in total. The predicted molar refractivity (Wildman–Crippen MR) is 72.3 cm³/mol. The van der Waals surface area contributed by atoms with Crippen LogP contribution < -0.4 is 5.32 Å². The molecule has 2 aliphatic rings. The molecule has 0 amide bonds. The molecule has 1 aromatic carbocycles. The summed E-state index contributed by atoms with van der Waals surface area (Å²) < 4.78 is 11.2. The number of benzene rings is 1. The lowest BCUT2D eigenvalue weighted by Gasteiger charge is -2.46. The highest BCUT2D eigenvalue weighted by atomic mass is 16.5. The molecule has 1 N–H and O–H groups in total. The highest BCUT2D eigenvalue weighted by Gasteiger charge is 2.48. The molecule has 4 heteroatoms. The molecule has 100 valence electrons. The van der Waals surface area contributed by atoms with Gasteiger partial charge in [0.2, 0.25) is 0 Å². The zero-order chi connectivity index (χ0) is 12.9. The summed E-state index contributed by atoms with van der Waals surface area (Å²) in [5, 5.41) is 3.62. The van der Waals surface area contributed by atoms with E-state index in [1.54, 1.807) is 0 Å². The molecule has 0 aliphatic carbocycles. The van der Waals surface area contributed by atoms with Crippen LogP contribution in [-0.2, 0) is 10.2 Å². The van der Waals surface area contributed by atoms with Gasteiger partial charge in [-0.15, -0.1) is 0 Å². The Labute approximate surface area is 112 Å². The number of nitrogens with zero attached hydrogens (tertiary/aromatic N) is 1. The summed E-state index contributed by atoms with van der Waals surface area (Å²) in [5.74, 6) is 0.727. The normalized spacial score (nSPS) is 25.6. The van der Waals surface area contributed by atoms with E-state index in [-0.39, 0.29) is 5.41 Å². The molecule has 1 aromatic heterocycles. The Morgan fingerprint density at radius 3 is 2.95 bits per heavy atom. The van der Waals surface area contributed by atoms with Gasteiger partial charge in [0.15, 0.2) is 11.5 Å². The van der Waals surface area contributed by atoms with Crippen molar-refractivity contribution in [2.75, 3.05) is 19.8 Å². The Balaban J connectivity index is 1.78. The van der Waals surface area contributed by atoms with Crippen LogP contribution in [0.25, 0.3) is 11.1 Å². The van der Waals surface area contributed by atoms with E-state index in [0.717, 1.165) is 36.7 Å². The Bertz CT molecular complexity index is 610. The van der Waals surface area contributed by atoms with Gasteiger partial charge >= 0.3 is 0 Å². The summed E-state index contributed by atoms with van der Waals surface area (Å²) >= 11 is 0. The third kappa shape index (κ3) is 1.63. The minimum absolute atomic E-state index is 0.130.